The lowest BCUT2D eigenvalue weighted by Gasteiger charge is -2.11. The number of benzene rings is 5. The van der Waals surface area contributed by atoms with Crippen LogP contribution in [0.4, 0.5) is 11.4 Å². The number of thioether (sulfide) groups is 2. The van der Waals surface area contributed by atoms with E-state index < -0.39 is 0 Å². The van der Waals surface area contributed by atoms with Crippen LogP contribution in [0.15, 0.2) is 120 Å². The van der Waals surface area contributed by atoms with E-state index in [1.165, 1.54) is 23.5 Å². The zero-order chi connectivity index (χ0) is 34.5. The number of fused-ring (bicyclic) bond motifs is 2. The van der Waals surface area contributed by atoms with Gasteiger partial charge in [-0.3, -0.25) is 9.59 Å². The molecule has 5 aromatic carbocycles. The van der Waals surface area contributed by atoms with Crippen molar-refractivity contribution < 1.29 is 19.1 Å². The van der Waals surface area contributed by atoms with Crippen molar-refractivity contribution >= 4 is 68.8 Å². The van der Waals surface area contributed by atoms with Crippen molar-refractivity contribution in [2.24, 2.45) is 0 Å². The number of anilines is 2. The Labute approximate surface area is 296 Å². The third-order valence-corrected chi connectivity index (χ3v) is 9.21. The molecule has 0 saturated carbocycles. The first-order valence-corrected chi connectivity index (χ1v) is 17.7. The molecule has 2 heterocycles. The molecule has 0 aliphatic carbocycles. The molecule has 0 spiro atoms. The Hall–Kier alpha value is -5.72. The summed E-state index contributed by atoms with van der Waals surface area (Å²) in [6, 6.07) is 33.7. The second-order valence-corrected chi connectivity index (χ2v) is 13.5. The topological polar surface area (TPSA) is 134 Å². The highest BCUT2D eigenvalue weighted by atomic mass is 32.2. The minimum absolute atomic E-state index is 0.131. The van der Waals surface area contributed by atoms with E-state index in [0.717, 1.165) is 33.2 Å². The molecule has 2 aromatic heterocycles. The molecule has 0 unspecified atom stereocenters. The maximum absolute atomic E-state index is 12.6. The van der Waals surface area contributed by atoms with Crippen LogP contribution in [0.3, 0.4) is 0 Å². The lowest BCUT2D eigenvalue weighted by molar-refractivity contribution is -0.114. The van der Waals surface area contributed by atoms with E-state index in [1.54, 1.807) is 54.6 Å². The van der Waals surface area contributed by atoms with Crippen molar-refractivity contribution in [1.29, 1.82) is 0 Å². The van der Waals surface area contributed by atoms with Crippen LogP contribution in [-0.2, 0) is 9.59 Å². The Morgan fingerprint density at radius 3 is 1.46 bits per heavy atom. The molecular weight excluding hydrogens is 669 g/mol. The van der Waals surface area contributed by atoms with Gasteiger partial charge in [0.1, 0.15) is 23.0 Å². The largest absolute Gasteiger partial charge is 0.457 e. The van der Waals surface area contributed by atoms with Crippen LogP contribution < -0.4 is 20.1 Å². The van der Waals surface area contributed by atoms with Gasteiger partial charge in [0.05, 0.1) is 33.6 Å². The minimum Gasteiger partial charge on any atom is -0.457 e. The summed E-state index contributed by atoms with van der Waals surface area (Å²) in [5.74, 6) is 2.61. The number of ether oxygens (including phenoxy) is 2. The van der Waals surface area contributed by atoms with E-state index in [-0.39, 0.29) is 23.3 Å². The van der Waals surface area contributed by atoms with Gasteiger partial charge in [-0.2, -0.15) is 0 Å². The molecule has 250 valence electrons. The average molecular weight is 701 g/mol. The number of aromatic amines is 2. The molecule has 0 radical (unpaired) electrons. The van der Waals surface area contributed by atoms with Gasteiger partial charge in [-0.1, -0.05) is 41.7 Å². The van der Waals surface area contributed by atoms with Gasteiger partial charge in [0.25, 0.3) is 0 Å². The Morgan fingerprint density at radius 2 is 1.02 bits per heavy atom. The lowest BCUT2D eigenvalue weighted by atomic mass is 10.2. The molecule has 0 aliphatic rings. The molecule has 12 heteroatoms. The lowest BCUT2D eigenvalue weighted by Crippen LogP contribution is -2.14. The fraction of sp³-hybridized carbons (Fsp3) is 0.105. The molecule has 7 aromatic rings. The molecule has 0 saturated heterocycles. The molecule has 4 N–H and O–H groups in total. The van der Waals surface area contributed by atoms with Gasteiger partial charge in [-0.15, -0.1) is 0 Å². The van der Waals surface area contributed by atoms with Gasteiger partial charge in [0.2, 0.25) is 11.8 Å². The first-order chi connectivity index (χ1) is 24.3. The SMILES string of the molecule is Cc1ccc2nc(SCC(=O)Nc3ccc(Oc4cccc(Oc5ccc(NC(=O)CSc6nc7ccc(C)cc7[nH]6)cc5)c4)cc3)[nH]c2c1. The van der Waals surface area contributed by atoms with Crippen molar-refractivity contribution in [2.75, 3.05) is 22.1 Å². The molecule has 2 amide bonds. The molecule has 7 rings (SSSR count). The zero-order valence-corrected chi connectivity index (χ0v) is 28.8. The third kappa shape index (κ3) is 8.46. The first-order valence-electron chi connectivity index (χ1n) is 15.8. The molecule has 0 atom stereocenters. The van der Waals surface area contributed by atoms with Gasteiger partial charge in [-0.05, 0) is 110 Å². The molecule has 0 fully saturated rings. The molecular formula is C38H32N6O4S2. The standard InChI is InChI=1S/C38H32N6O4S2/c1-23-6-16-31-33(18-23)43-37(41-31)49-21-35(45)39-25-8-12-27(13-9-25)47-29-4-3-5-30(20-29)48-28-14-10-26(11-15-28)40-36(46)22-50-38-42-32-17-7-24(2)19-34(32)44-38/h3-20H,21-22H2,1-2H3,(H,39,45)(H,40,46)(H,41,43)(H,42,44). The summed E-state index contributed by atoms with van der Waals surface area (Å²) in [5, 5.41) is 7.23. The summed E-state index contributed by atoms with van der Waals surface area (Å²) < 4.78 is 12.1. The van der Waals surface area contributed by atoms with Crippen LogP contribution in [0, 0.1) is 13.8 Å². The number of hydrogen-bond acceptors (Lipinski definition) is 8. The summed E-state index contributed by atoms with van der Waals surface area (Å²) in [6.45, 7) is 4.06. The maximum atomic E-state index is 12.6. The summed E-state index contributed by atoms with van der Waals surface area (Å²) in [4.78, 5) is 40.7. The van der Waals surface area contributed by atoms with Gasteiger partial charge in [0.15, 0.2) is 10.3 Å². The summed E-state index contributed by atoms with van der Waals surface area (Å²) >= 11 is 2.71. The highest BCUT2D eigenvalue weighted by Gasteiger charge is 2.10. The van der Waals surface area contributed by atoms with Crippen LogP contribution in [0.25, 0.3) is 22.1 Å². The molecule has 0 bridgehead atoms. The number of imidazole rings is 2. The molecule has 10 nitrogen and oxygen atoms in total. The molecule has 0 aliphatic heterocycles. The van der Waals surface area contributed by atoms with E-state index >= 15 is 0 Å². The average Bonchev–Trinajstić information content (AvgIpc) is 3.71. The van der Waals surface area contributed by atoms with Crippen LogP contribution in [0.2, 0.25) is 0 Å². The van der Waals surface area contributed by atoms with Crippen molar-refractivity contribution in [3.05, 3.63) is 120 Å². The van der Waals surface area contributed by atoms with Gasteiger partial charge >= 0.3 is 0 Å². The van der Waals surface area contributed by atoms with Crippen LogP contribution in [0.1, 0.15) is 11.1 Å². The minimum atomic E-state index is -0.131. The number of nitrogens with one attached hydrogen (secondary N) is 4. The number of carbonyl (C=O) groups is 2. The second kappa shape index (κ2) is 14.8. The number of aryl methyl sites for hydroxylation is 2. The number of aromatic nitrogens is 4. The number of hydrogen-bond donors (Lipinski definition) is 4. The predicted molar refractivity (Wildman–Crippen MR) is 200 cm³/mol. The second-order valence-electron chi connectivity index (χ2n) is 11.5. The van der Waals surface area contributed by atoms with Gasteiger partial charge in [0, 0.05) is 17.4 Å². The van der Waals surface area contributed by atoms with E-state index in [4.69, 9.17) is 9.47 Å². The fourth-order valence-corrected chi connectivity index (χ4v) is 6.45. The normalized spacial score (nSPS) is 11.1. The molecule has 50 heavy (non-hydrogen) atoms. The number of nitrogens with zero attached hydrogens (tertiary/aromatic N) is 2. The first kappa shape index (κ1) is 32.8. The monoisotopic (exact) mass is 700 g/mol. The fourth-order valence-electron chi connectivity index (χ4n) is 5.08. The van der Waals surface area contributed by atoms with Crippen LogP contribution in [0.5, 0.6) is 23.0 Å². The quantitative estimate of drug-likeness (QED) is 0.0928. The number of amides is 2. The smallest absolute Gasteiger partial charge is 0.234 e. The van der Waals surface area contributed by atoms with Crippen molar-refractivity contribution in [1.82, 2.24) is 19.9 Å². The Bertz CT molecular complexity index is 2140. The van der Waals surface area contributed by atoms with Crippen LogP contribution in [-0.4, -0.2) is 43.3 Å². The van der Waals surface area contributed by atoms with E-state index in [1.807, 2.05) is 68.4 Å². The predicted octanol–water partition coefficient (Wildman–Crippen LogP) is 9.10. The van der Waals surface area contributed by atoms with Gasteiger partial charge < -0.3 is 30.1 Å². The van der Waals surface area contributed by atoms with Crippen molar-refractivity contribution in [2.45, 2.75) is 24.2 Å². The van der Waals surface area contributed by atoms with E-state index in [9.17, 15) is 9.59 Å². The Balaban J connectivity index is 0.866. The van der Waals surface area contributed by atoms with E-state index in [0.29, 0.717) is 44.7 Å². The summed E-state index contributed by atoms with van der Waals surface area (Å²) in [6.07, 6.45) is 0. The van der Waals surface area contributed by atoms with Crippen LogP contribution >= 0.6 is 23.5 Å². The zero-order valence-electron chi connectivity index (χ0n) is 27.2. The highest BCUT2D eigenvalue weighted by Crippen LogP contribution is 2.30. The highest BCUT2D eigenvalue weighted by molar-refractivity contribution is 8.00. The van der Waals surface area contributed by atoms with Gasteiger partial charge in [-0.25, -0.2) is 9.97 Å². The Kier molecular flexibility index (Phi) is 9.72. The number of carbonyl (C=O) groups excluding carboxylic acids is 2. The van der Waals surface area contributed by atoms with Crippen molar-refractivity contribution in [3.63, 3.8) is 0 Å². The Morgan fingerprint density at radius 1 is 0.580 bits per heavy atom. The summed E-state index contributed by atoms with van der Waals surface area (Å²) in [5.41, 5.74) is 7.30. The summed E-state index contributed by atoms with van der Waals surface area (Å²) in [7, 11) is 0. The number of rotatable bonds is 12. The third-order valence-electron chi connectivity index (χ3n) is 7.46. The number of H-pyrrole nitrogens is 2. The maximum Gasteiger partial charge on any atom is 0.234 e. The van der Waals surface area contributed by atoms with Crippen molar-refractivity contribution in [3.8, 4) is 23.0 Å². The van der Waals surface area contributed by atoms with E-state index in [2.05, 4.69) is 30.6 Å².